The van der Waals surface area contributed by atoms with Gasteiger partial charge in [0.2, 0.25) is 0 Å². The van der Waals surface area contributed by atoms with Crippen LogP contribution in [0.2, 0.25) is 0 Å². The highest BCUT2D eigenvalue weighted by molar-refractivity contribution is 7.90. The van der Waals surface area contributed by atoms with Crippen LogP contribution >= 0.6 is 0 Å². The van der Waals surface area contributed by atoms with Gasteiger partial charge in [0, 0.05) is 13.4 Å². The Balaban J connectivity index is 2.15. The van der Waals surface area contributed by atoms with E-state index in [1.807, 2.05) is 0 Å². The molecule has 0 aromatic heterocycles. The maximum Gasteiger partial charge on any atom is 0.186 e. The molecule has 2 saturated heterocycles. The first-order valence-electron chi connectivity index (χ1n) is 5.43. The van der Waals surface area contributed by atoms with Crippen LogP contribution in [0.4, 0.5) is 0 Å². The maximum absolute atomic E-state index is 11.3. The van der Waals surface area contributed by atoms with Crippen molar-refractivity contribution in [2.75, 3.05) is 19.1 Å². The van der Waals surface area contributed by atoms with Crippen molar-refractivity contribution in [1.29, 1.82) is 0 Å². The summed E-state index contributed by atoms with van der Waals surface area (Å²) in [5.74, 6) is -0.820. The van der Waals surface area contributed by atoms with Crippen molar-refractivity contribution < 1.29 is 27.4 Å². The van der Waals surface area contributed by atoms with Crippen LogP contribution in [0.25, 0.3) is 0 Å². The molecule has 0 aromatic rings. The summed E-state index contributed by atoms with van der Waals surface area (Å²) in [7, 11) is -1.63. The normalized spacial score (nSPS) is 40.5. The molecule has 6 nitrogen and oxygen atoms in total. The third-order valence-corrected chi connectivity index (χ3v) is 3.74. The highest BCUT2D eigenvalue weighted by atomic mass is 32.2. The summed E-state index contributed by atoms with van der Waals surface area (Å²) in [6, 6.07) is 0. The van der Waals surface area contributed by atoms with Crippen LogP contribution in [0.1, 0.15) is 13.8 Å². The van der Waals surface area contributed by atoms with Crippen LogP contribution in [-0.2, 0) is 28.8 Å². The van der Waals surface area contributed by atoms with E-state index in [1.54, 1.807) is 13.8 Å². The van der Waals surface area contributed by atoms with Gasteiger partial charge >= 0.3 is 0 Å². The van der Waals surface area contributed by atoms with Crippen molar-refractivity contribution in [3.63, 3.8) is 0 Å². The summed E-state index contributed by atoms with van der Waals surface area (Å²) < 4.78 is 44.6. The van der Waals surface area contributed by atoms with E-state index in [1.165, 1.54) is 13.4 Å². The van der Waals surface area contributed by atoms with Crippen molar-refractivity contribution in [2.45, 2.75) is 44.2 Å². The topological polar surface area (TPSA) is 71.1 Å². The van der Waals surface area contributed by atoms with E-state index < -0.39 is 34.1 Å². The zero-order valence-electron chi connectivity index (χ0n) is 10.4. The molecule has 2 rings (SSSR count). The third-order valence-electron chi connectivity index (χ3n) is 2.81. The molecule has 0 spiro atoms. The molecular formula is C10H18O6S. The van der Waals surface area contributed by atoms with E-state index in [4.69, 9.17) is 18.9 Å². The van der Waals surface area contributed by atoms with Crippen molar-refractivity contribution in [3.8, 4) is 0 Å². The van der Waals surface area contributed by atoms with Crippen LogP contribution in [0.5, 0.6) is 0 Å². The summed E-state index contributed by atoms with van der Waals surface area (Å²) in [6.45, 7) is 3.57. The molecule has 0 aromatic carbocycles. The quantitative estimate of drug-likeness (QED) is 0.711. The van der Waals surface area contributed by atoms with Crippen molar-refractivity contribution in [1.82, 2.24) is 0 Å². The van der Waals surface area contributed by atoms with E-state index in [0.29, 0.717) is 0 Å². The average molecular weight is 266 g/mol. The fraction of sp³-hybridized carbons (Fsp3) is 1.00. The molecule has 4 atom stereocenters. The minimum absolute atomic E-state index is 0.0898. The summed E-state index contributed by atoms with van der Waals surface area (Å²) in [6.07, 6.45) is -0.714. The van der Waals surface area contributed by atoms with Crippen LogP contribution in [0.3, 0.4) is 0 Å². The lowest BCUT2D eigenvalue weighted by molar-refractivity contribution is -0.224. The molecule has 17 heavy (non-hydrogen) atoms. The Bertz CT molecular complexity index is 390. The molecule has 0 saturated carbocycles. The number of rotatable bonds is 3. The molecule has 0 amide bonds. The van der Waals surface area contributed by atoms with Gasteiger partial charge in [-0.25, -0.2) is 8.42 Å². The summed E-state index contributed by atoms with van der Waals surface area (Å²) in [4.78, 5) is 0. The van der Waals surface area contributed by atoms with Gasteiger partial charge < -0.3 is 18.9 Å². The largest absolute Gasteiger partial charge is 0.353 e. The van der Waals surface area contributed by atoms with Crippen LogP contribution in [-0.4, -0.2) is 57.9 Å². The van der Waals surface area contributed by atoms with Crippen LogP contribution in [0, 0.1) is 0 Å². The zero-order chi connectivity index (χ0) is 12.8. The van der Waals surface area contributed by atoms with E-state index in [0.717, 1.165) is 0 Å². The van der Waals surface area contributed by atoms with Crippen LogP contribution < -0.4 is 0 Å². The van der Waals surface area contributed by atoms with Gasteiger partial charge in [0.1, 0.15) is 28.1 Å². The molecule has 2 heterocycles. The molecule has 0 N–H and O–H groups in total. The van der Waals surface area contributed by atoms with Gasteiger partial charge in [-0.05, 0) is 13.8 Å². The number of hydrogen-bond acceptors (Lipinski definition) is 6. The standard InChI is InChI=1S/C10H18O6S/c1-10(2)15-7-6(5-17(4,11)12)14-9(13-3)8(7)16-10/h6-9H,5H2,1-4H3/t6-,7+,8+,9+/m0/s1. The highest BCUT2D eigenvalue weighted by Gasteiger charge is 2.56. The summed E-state index contributed by atoms with van der Waals surface area (Å²) >= 11 is 0. The molecule has 2 fully saturated rings. The lowest BCUT2D eigenvalue weighted by Gasteiger charge is -2.23. The monoisotopic (exact) mass is 266 g/mol. The smallest absolute Gasteiger partial charge is 0.186 e. The maximum atomic E-state index is 11.3. The van der Waals surface area contributed by atoms with Crippen LogP contribution in [0.15, 0.2) is 0 Å². The molecular weight excluding hydrogens is 248 g/mol. The Labute approximate surface area is 101 Å². The molecule has 2 aliphatic rings. The Morgan fingerprint density at radius 3 is 2.35 bits per heavy atom. The second-order valence-corrected chi connectivity index (χ2v) is 7.12. The third kappa shape index (κ3) is 2.79. The fourth-order valence-corrected chi connectivity index (χ4v) is 3.13. The van der Waals surface area contributed by atoms with Crippen molar-refractivity contribution >= 4 is 9.84 Å². The highest BCUT2D eigenvalue weighted by Crippen LogP contribution is 2.39. The SMILES string of the molecule is CO[C@@H]1O[C@@H](CS(C)(=O)=O)[C@H]2OC(C)(C)O[C@@H]12. The summed E-state index contributed by atoms with van der Waals surface area (Å²) in [5.41, 5.74) is 0. The predicted molar refractivity (Wildman–Crippen MR) is 59.2 cm³/mol. The van der Waals surface area contributed by atoms with Gasteiger partial charge in [-0.2, -0.15) is 0 Å². The zero-order valence-corrected chi connectivity index (χ0v) is 11.2. The van der Waals surface area contributed by atoms with E-state index in [9.17, 15) is 8.42 Å². The molecule has 2 aliphatic heterocycles. The van der Waals surface area contributed by atoms with Crippen molar-refractivity contribution in [3.05, 3.63) is 0 Å². The fourth-order valence-electron chi connectivity index (χ4n) is 2.26. The molecule has 0 unspecified atom stereocenters. The first kappa shape index (κ1) is 13.2. The van der Waals surface area contributed by atoms with Gasteiger partial charge in [0.15, 0.2) is 12.1 Å². The first-order chi connectivity index (χ1) is 7.72. The first-order valence-corrected chi connectivity index (χ1v) is 7.49. The number of methoxy groups -OCH3 is 1. The molecule has 100 valence electrons. The van der Waals surface area contributed by atoms with Gasteiger partial charge in [-0.3, -0.25) is 0 Å². The lowest BCUT2D eigenvalue weighted by atomic mass is 10.2. The second-order valence-electron chi connectivity index (χ2n) is 4.94. The van der Waals surface area contributed by atoms with E-state index in [2.05, 4.69) is 0 Å². The molecule has 0 aliphatic carbocycles. The minimum atomic E-state index is -3.13. The average Bonchev–Trinajstić information content (AvgIpc) is 2.59. The van der Waals surface area contributed by atoms with Gasteiger partial charge in [0.25, 0.3) is 0 Å². The van der Waals surface area contributed by atoms with E-state index >= 15 is 0 Å². The number of fused-ring (bicyclic) bond motifs is 1. The molecule has 0 bridgehead atoms. The number of ether oxygens (including phenoxy) is 4. The molecule has 7 heteroatoms. The Morgan fingerprint density at radius 1 is 1.24 bits per heavy atom. The van der Waals surface area contributed by atoms with Crippen molar-refractivity contribution in [2.24, 2.45) is 0 Å². The Morgan fingerprint density at radius 2 is 1.82 bits per heavy atom. The predicted octanol–water partition coefficient (Wildman–Crippen LogP) is -0.0776. The Kier molecular flexibility index (Phi) is 3.24. The van der Waals surface area contributed by atoms with Gasteiger partial charge in [0.05, 0.1) is 5.75 Å². The second kappa shape index (κ2) is 4.17. The lowest BCUT2D eigenvalue weighted by Crippen LogP contribution is -2.34. The summed E-state index contributed by atoms with van der Waals surface area (Å²) in [5, 5.41) is 0. The Hall–Kier alpha value is -0.210. The minimum Gasteiger partial charge on any atom is -0.353 e. The number of hydrogen-bond donors (Lipinski definition) is 0. The number of sulfone groups is 1. The molecule has 0 radical (unpaired) electrons. The van der Waals surface area contributed by atoms with Gasteiger partial charge in [-0.15, -0.1) is 0 Å². The van der Waals surface area contributed by atoms with E-state index in [-0.39, 0.29) is 11.9 Å². The van der Waals surface area contributed by atoms with Gasteiger partial charge in [-0.1, -0.05) is 0 Å².